The zero-order valence-electron chi connectivity index (χ0n) is 15.0. The monoisotopic (exact) mass is 360 g/mol. The molecule has 0 saturated carbocycles. The van der Waals surface area contributed by atoms with Crippen molar-refractivity contribution in [2.75, 3.05) is 6.61 Å². The van der Waals surface area contributed by atoms with Crippen LogP contribution in [0.5, 0.6) is 5.75 Å². The summed E-state index contributed by atoms with van der Waals surface area (Å²) in [4.78, 5) is 2.56. The van der Waals surface area contributed by atoms with Crippen LogP contribution in [-0.2, 0) is 10.0 Å². The lowest BCUT2D eigenvalue weighted by atomic mass is 10.1. The van der Waals surface area contributed by atoms with Crippen LogP contribution in [0.3, 0.4) is 0 Å². The fraction of sp³-hybridized carbons (Fsp3) is 0.316. The van der Waals surface area contributed by atoms with Gasteiger partial charge in [-0.3, -0.25) is 0 Å². The van der Waals surface area contributed by atoms with E-state index in [1.807, 2.05) is 50.2 Å². The van der Waals surface area contributed by atoms with Crippen LogP contribution in [0.4, 0.5) is 0 Å². The molecule has 2 aromatic rings. The number of aryl methyl sites for hydroxylation is 3. The van der Waals surface area contributed by atoms with Gasteiger partial charge >= 0.3 is 0 Å². The van der Waals surface area contributed by atoms with Crippen LogP contribution in [0, 0.1) is 20.8 Å². The number of ether oxygens (including phenoxy) is 1. The molecule has 0 aliphatic carbocycles. The highest BCUT2D eigenvalue weighted by Crippen LogP contribution is 2.21. The van der Waals surface area contributed by atoms with Gasteiger partial charge in [-0.25, -0.2) is 4.83 Å². The Morgan fingerprint density at radius 3 is 2.44 bits per heavy atom. The number of nitrogens with zero attached hydrogens (tertiary/aromatic N) is 1. The lowest BCUT2D eigenvalue weighted by Gasteiger charge is -2.11. The molecular weight excluding hydrogens is 336 g/mol. The predicted octanol–water partition coefficient (Wildman–Crippen LogP) is 3.71. The molecule has 0 amide bonds. The predicted molar refractivity (Wildman–Crippen MR) is 101 cm³/mol. The second-order valence-electron chi connectivity index (χ2n) is 6.00. The Hall–Kier alpha value is -2.34. The van der Waals surface area contributed by atoms with Crippen molar-refractivity contribution in [1.82, 2.24) is 4.83 Å². The third-order valence-electron chi connectivity index (χ3n) is 3.59. The topological polar surface area (TPSA) is 67.8 Å². The second kappa shape index (κ2) is 8.16. The minimum absolute atomic E-state index is 0.273. The first-order chi connectivity index (χ1) is 11.8. The van der Waals surface area contributed by atoms with E-state index in [0.29, 0.717) is 17.7 Å². The summed E-state index contributed by atoms with van der Waals surface area (Å²) < 4.78 is 30.6. The van der Waals surface area contributed by atoms with Gasteiger partial charge < -0.3 is 4.74 Å². The summed E-state index contributed by atoms with van der Waals surface area (Å²) in [7, 11) is -3.71. The highest BCUT2D eigenvalue weighted by molar-refractivity contribution is 7.89. The number of hydrogen-bond donors (Lipinski definition) is 1. The van der Waals surface area contributed by atoms with Gasteiger partial charge in [0.2, 0.25) is 0 Å². The summed E-state index contributed by atoms with van der Waals surface area (Å²) in [6.45, 7) is 8.18. The summed E-state index contributed by atoms with van der Waals surface area (Å²) in [6.07, 6.45) is 2.39. The average Bonchev–Trinajstić information content (AvgIpc) is 2.51. The van der Waals surface area contributed by atoms with Gasteiger partial charge in [0, 0.05) is 0 Å². The number of rotatable bonds is 7. The third-order valence-corrected chi connectivity index (χ3v) is 5.12. The SMILES string of the molecule is CCCOc1cccc(/C=N/NS(=O)(=O)c2c(C)cc(C)cc2C)c1. The summed E-state index contributed by atoms with van der Waals surface area (Å²) in [5, 5.41) is 3.90. The molecule has 2 aromatic carbocycles. The number of hydrogen-bond acceptors (Lipinski definition) is 4. The minimum atomic E-state index is -3.71. The summed E-state index contributed by atoms with van der Waals surface area (Å²) in [5.74, 6) is 0.735. The standard InChI is InChI=1S/C19H24N2O3S/c1-5-9-24-18-8-6-7-17(12-18)13-20-21-25(22,23)19-15(3)10-14(2)11-16(19)4/h6-8,10-13,21H,5,9H2,1-4H3/b20-13+. The molecule has 0 aromatic heterocycles. The van der Waals surface area contributed by atoms with Crippen molar-refractivity contribution in [1.29, 1.82) is 0 Å². The number of sulfonamides is 1. The fourth-order valence-electron chi connectivity index (χ4n) is 2.71. The van der Waals surface area contributed by atoms with Crippen molar-refractivity contribution < 1.29 is 13.2 Å². The first kappa shape index (κ1) is 19.0. The Balaban J connectivity index is 2.16. The lowest BCUT2D eigenvalue weighted by Crippen LogP contribution is -2.20. The highest BCUT2D eigenvalue weighted by Gasteiger charge is 2.19. The molecule has 2 rings (SSSR count). The van der Waals surface area contributed by atoms with Crippen molar-refractivity contribution in [3.05, 3.63) is 58.7 Å². The van der Waals surface area contributed by atoms with Gasteiger partial charge in [0.25, 0.3) is 10.0 Å². The van der Waals surface area contributed by atoms with Crippen LogP contribution in [0.2, 0.25) is 0 Å². The van der Waals surface area contributed by atoms with Crippen LogP contribution in [-0.4, -0.2) is 21.2 Å². The van der Waals surface area contributed by atoms with Gasteiger partial charge in [-0.15, -0.1) is 0 Å². The van der Waals surface area contributed by atoms with Crippen molar-refractivity contribution in [3.63, 3.8) is 0 Å². The molecular formula is C19H24N2O3S. The summed E-state index contributed by atoms with van der Waals surface area (Å²) in [5.41, 5.74) is 3.19. The van der Waals surface area contributed by atoms with Crippen LogP contribution in [0.1, 0.15) is 35.6 Å². The number of benzene rings is 2. The van der Waals surface area contributed by atoms with E-state index in [-0.39, 0.29) is 4.90 Å². The number of nitrogens with one attached hydrogen (secondary N) is 1. The van der Waals surface area contributed by atoms with E-state index < -0.39 is 10.0 Å². The molecule has 0 saturated heterocycles. The molecule has 0 bridgehead atoms. The zero-order chi connectivity index (χ0) is 18.4. The van der Waals surface area contributed by atoms with E-state index in [1.165, 1.54) is 6.21 Å². The molecule has 0 radical (unpaired) electrons. The Bertz CT molecular complexity index is 851. The van der Waals surface area contributed by atoms with Crippen molar-refractivity contribution in [2.45, 2.75) is 39.0 Å². The van der Waals surface area contributed by atoms with Crippen LogP contribution in [0.25, 0.3) is 0 Å². The summed E-state index contributed by atoms with van der Waals surface area (Å²) in [6, 6.07) is 11.0. The van der Waals surface area contributed by atoms with Crippen LogP contribution in [0.15, 0.2) is 46.4 Å². The quantitative estimate of drug-likeness (QED) is 0.604. The first-order valence-corrected chi connectivity index (χ1v) is 9.67. The molecule has 6 heteroatoms. The Morgan fingerprint density at radius 1 is 1.12 bits per heavy atom. The highest BCUT2D eigenvalue weighted by atomic mass is 32.2. The zero-order valence-corrected chi connectivity index (χ0v) is 15.9. The Kier molecular flexibility index (Phi) is 6.20. The minimum Gasteiger partial charge on any atom is -0.494 e. The molecule has 1 N–H and O–H groups in total. The van der Waals surface area contributed by atoms with Gasteiger partial charge in [0.05, 0.1) is 17.7 Å². The van der Waals surface area contributed by atoms with E-state index in [4.69, 9.17) is 4.74 Å². The maximum absolute atomic E-state index is 12.5. The lowest BCUT2D eigenvalue weighted by molar-refractivity contribution is 0.317. The molecule has 0 spiro atoms. The fourth-order valence-corrected chi connectivity index (χ4v) is 3.96. The van der Waals surface area contributed by atoms with Crippen molar-refractivity contribution in [2.24, 2.45) is 5.10 Å². The van der Waals surface area contributed by atoms with E-state index in [1.54, 1.807) is 13.8 Å². The second-order valence-corrected chi connectivity index (χ2v) is 7.60. The average molecular weight is 360 g/mol. The first-order valence-electron chi connectivity index (χ1n) is 8.19. The molecule has 0 fully saturated rings. The molecule has 0 unspecified atom stereocenters. The van der Waals surface area contributed by atoms with E-state index >= 15 is 0 Å². The largest absolute Gasteiger partial charge is 0.494 e. The maximum Gasteiger partial charge on any atom is 0.277 e. The van der Waals surface area contributed by atoms with E-state index in [9.17, 15) is 8.42 Å². The van der Waals surface area contributed by atoms with Crippen molar-refractivity contribution in [3.8, 4) is 5.75 Å². The van der Waals surface area contributed by atoms with Crippen LogP contribution < -0.4 is 9.57 Å². The molecule has 0 atom stereocenters. The van der Waals surface area contributed by atoms with Gasteiger partial charge in [-0.2, -0.15) is 13.5 Å². The van der Waals surface area contributed by atoms with Crippen molar-refractivity contribution >= 4 is 16.2 Å². The van der Waals surface area contributed by atoms with Gasteiger partial charge in [-0.1, -0.05) is 36.8 Å². The maximum atomic E-state index is 12.5. The molecule has 0 heterocycles. The van der Waals surface area contributed by atoms with Gasteiger partial charge in [0.15, 0.2) is 0 Å². The third kappa shape index (κ3) is 5.06. The smallest absolute Gasteiger partial charge is 0.277 e. The summed E-state index contributed by atoms with van der Waals surface area (Å²) >= 11 is 0. The molecule has 5 nitrogen and oxygen atoms in total. The van der Waals surface area contributed by atoms with E-state index in [0.717, 1.165) is 23.3 Å². The van der Waals surface area contributed by atoms with E-state index in [2.05, 4.69) is 9.93 Å². The molecule has 0 aliphatic heterocycles. The molecule has 25 heavy (non-hydrogen) atoms. The normalized spacial score (nSPS) is 11.7. The van der Waals surface area contributed by atoms with Crippen LogP contribution >= 0.6 is 0 Å². The van der Waals surface area contributed by atoms with Gasteiger partial charge in [-0.05, 0) is 56.0 Å². The Labute approximate surface area is 149 Å². The number of hydrazone groups is 1. The van der Waals surface area contributed by atoms with Gasteiger partial charge in [0.1, 0.15) is 5.75 Å². The molecule has 134 valence electrons. The molecule has 0 aliphatic rings. The Morgan fingerprint density at radius 2 is 1.80 bits per heavy atom.